The van der Waals surface area contributed by atoms with Crippen LogP contribution in [0, 0.1) is 0 Å². The Hall–Kier alpha value is -1.88. The third-order valence-electron chi connectivity index (χ3n) is 1.75. The lowest BCUT2D eigenvalue weighted by Gasteiger charge is -2.10. The Kier molecular flexibility index (Phi) is 3.82. The number of aliphatic hydroxyl groups is 1. The second kappa shape index (κ2) is 5.11. The van der Waals surface area contributed by atoms with Gasteiger partial charge in [0.25, 0.3) is 0 Å². The molecular formula is C10H11NO4. The molecule has 0 saturated heterocycles. The molecule has 0 unspecified atom stereocenters. The number of amides is 1. The molecule has 5 heteroatoms. The molecule has 0 aliphatic carbocycles. The van der Waals surface area contributed by atoms with Crippen LogP contribution in [0.25, 0.3) is 0 Å². The van der Waals surface area contributed by atoms with Crippen molar-refractivity contribution in [1.29, 1.82) is 0 Å². The number of benzene rings is 1. The summed E-state index contributed by atoms with van der Waals surface area (Å²) in [6, 6.07) is 8.17. The highest BCUT2D eigenvalue weighted by Crippen LogP contribution is 2.01. The minimum absolute atomic E-state index is 0.321. The molecule has 0 saturated carbocycles. The van der Waals surface area contributed by atoms with Gasteiger partial charge in [-0.15, -0.1) is 0 Å². The monoisotopic (exact) mass is 209 g/mol. The molecule has 0 bridgehead atoms. The van der Waals surface area contributed by atoms with Crippen LogP contribution in [0.5, 0.6) is 0 Å². The Labute approximate surface area is 86.7 Å². The Balaban J connectivity index is 2.65. The molecule has 0 aliphatic heterocycles. The Morgan fingerprint density at radius 1 is 1.33 bits per heavy atom. The minimum Gasteiger partial charge on any atom is -0.453 e. The predicted molar refractivity (Wildman–Crippen MR) is 52.3 cm³/mol. The molecule has 0 aliphatic rings. The third kappa shape index (κ3) is 3.07. The van der Waals surface area contributed by atoms with E-state index in [2.05, 4.69) is 4.74 Å². The molecule has 0 spiro atoms. The average Bonchev–Trinajstić information content (AvgIpc) is 2.29. The van der Waals surface area contributed by atoms with Crippen molar-refractivity contribution < 1.29 is 19.4 Å². The Morgan fingerprint density at radius 2 is 1.93 bits per heavy atom. The van der Waals surface area contributed by atoms with E-state index in [1.54, 1.807) is 30.3 Å². The van der Waals surface area contributed by atoms with Gasteiger partial charge in [0, 0.05) is 5.56 Å². The number of Topliss-reactive ketones (excluding diaryl/α,β-unsaturated/α-hetero) is 1. The molecule has 15 heavy (non-hydrogen) atoms. The van der Waals surface area contributed by atoms with E-state index < -0.39 is 18.1 Å². The second-order valence-electron chi connectivity index (χ2n) is 2.77. The van der Waals surface area contributed by atoms with Crippen LogP contribution in [0.3, 0.4) is 0 Å². The number of nitrogens with one attached hydrogen (secondary N) is 1. The number of alkyl carbamates (subject to hydrolysis) is 1. The predicted octanol–water partition coefficient (Wildman–Crippen LogP) is 0.544. The third-order valence-corrected chi connectivity index (χ3v) is 1.75. The van der Waals surface area contributed by atoms with Crippen LogP contribution in [0.2, 0.25) is 0 Å². The highest BCUT2D eigenvalue weighted by atomic mass is 16.5. The number of hydrogen-bond acceptors (Lipinski definition) is 4. The standard InChI is InChI=1S/C10H11NO4/c1-15-10(14)11-9(13)8(12)7-5-3-2-4-6-7/h2-6,9,13H,1H3,(H,11,14)/t9-/m1/s1. The van der Waals surface area contributed by atoms with Gasteiger partial charge in [-0.05, 0) is 0 Å². The van der Waals surface area contributed by atoms with E-state index in [1.807, 2.05) is 5.32 Å². The first kappa shape index (κ1) is 11.2. The van der Waals surface area contributed by atoms with Gasteiger partial charge >= 0.3 is 6.09 Å². The van der Waals surface area contributed by atoms with Gasteiger partial charge in [0.15, 0.2) is 6.23 Å². The summed E-state index contributed by atoms with van der Waals surface area (Å²) in [5.41, 5.74) is 0.321. The van der Waals surface area contributed by atoms with Crippen LogP contribution in [-0.4, -0.2) is 30.3 Å². The summed E-state index contributed by atoms with van der Waals surface area (Å²) >= 11 is 0. The summed E-state index contributed by atoms with van der Waals surface area (Å²) in [6.07, 6.45) is -2.44. The van der Waals surface area contributed by atoms with Crippen molar-refractivity contribution in [3.63, 3.8) is 0 Å². The van der Waals surface area contributed by atoms with E-state index in [9.17, 15) is 14.7 Å². The molecule has 0 aromatic heterocycles. The van der Waals surface area contributed by atoms with Crippen LogP contribution < -0.4 is 5.32 Å². The maximum atomic E-state index is 11.5. The van der Waals surface area contributed by atoms with Crippen LogP contribution in [-0.2, 0) is 4.74 Å². The zero-order valence-electron chi connectivity index (χ0n) is 8.14. The van der Waals surface area contributed by atoms with Crippen molar-refractivity contribution in [1.82, 2.24) is 5.32 Å². The molecular weight excluding hydrogens is 198 g/mol. The number of aliphatic hydroxyl groups excluding tert-OH is 1. The molecule has 1 rings (SSSR count). The zero-order chi connectivity index (χ0) is 11.3. The summed E-state index contributed by atoms with van der Waals surface area (Å²) in [5, 5.41) is 11.3. The molecule has 1 aromatic rings. The van der Waals surface area contributed by atoms with Crippen LogP contribution >= 0.6 is 0 Å². The molecule has 5 nitrogen and oxygen atoms in total. The minimum atomic E-state index is -1.58. The van der Waals surface area contributed by atoms with Gasteiger partial charge in [-0.1, -0.05) is 30.3 Å². The SMILES string of the molecule is COC(=O)N[C@H](O)C(=O)c1ccccc1. The number of methoxy groups -OCH3 is 1. The lowest BCUT2D eigenvalue weighted by molar-refractivity contribution is 0.0651. The van der Waals surface area contributed by atoms with Gasteiger partial charge in [0.1, 0.15) is 0 Å². The first-order chi connectivity index (χ1) is 7.15. The maximum absolute atomic E-state index is 11.5. The molecule has 1 amide bonds. The largest absolute Gasteiger partial charge is 0.453 e. The normalized spacial score (nSPS) is 11.6. The average molecular weight is 209 g/mol. The summed E-state index contributed by atoms with van der Waals surface area (Å²) in [7, 11) is 1.15. The summed E-state index contributed by atoms with van der Waals surface area (Å²) in [5.74, 6) is -0.582. The molecule has 1 aromatic carbocycles. The fourth-order valence-corrected chi connectivity index (χ4v) is 0.996. The number of carbonyl (C=O) groups excluding carboxylic acids is 2. The quantitative estimate of drug-likeness (QED) is 0.563. The first-order valence-corrected chi connectivity index (χ1v) is 4.27. The van der Waals surface area contributed by atoms with E-state index in [4.69, 9.17) is 0 Å². The first-order valence-electron chi connectivity index (χ1n) is 4.27. The molecule has 2 N–H and O–H groups in total. The summed E-state index contributed by atoms with van der Waals surface area (Å²) in [4.78, 5) is 22.2. The van der Waals surface area contributed by atoms with Crippen LogP contribution in [0.1, 0.15) is 10.4 Å². The molecule has 0 fully saturated rings. The molecule has 0 radical (unpaired) electrons. The maximum Gasteiger partial charge on any atom is 0.409 e. The Morgan fingerprint density at radius 3 is 2.47 bits per heavy atom. The number of ether oxygens (including phenoxy) is 1. The van der Waals surface area contributed by atoms with Gasteiger partial charge in [-0.3, -0.25) is 10.1 Å². The highest BCUT2D eigenvalue weighted by molar-refractivity contribution is 6.00. The van der Waals surface area contributed by atoms with Crippen LogP contribution in [0.4, 0.5) is 4.79 Å². The highest BCUT2D eigenvalue weighted by Gasteiger charge is 2.18. The van der Waals surface area contributed by atoms with Gasteiger partial charge < -0.3 is 9.84 Å². The lowest BCUT2D eigenvalue weighted by atomic mass is 10.1. The summed E-state index contributed by atoms with van der Waals surface area (Å²) in [6.45, 7) is 0. The van der Waals surface area contributed by atoms with Gasteiger partial charge in [-0.25, -0.2) is 4.79 Å². The second-order valence-corrected chi connectivity index (χ2v) is 2.77. The smallest absolute Gasteiger partial charge is 0.409 e. The number of carbonyl (C=O) groups is 2. The van der Waals surface area contributed by atoms with Crippen molar-refractivity contribution in [2.45, 2.75) is 6.23 Å². The lowest BCUT2D eigenvalue weighted by Crippen LogP contribution is -2.40. The van der Waals surface area contributed by atoms with E-state index in [1.165, 1.54) is 0 Å². The van der Waals surface area contributed by atoms with Crippen molar-refractivity contribution in [3.8, 4) is 0 Å². The van der Waals surface area contributed by atoms with E-state index in [0.717, 1.165) is 7.11 Å². The topological polar surface area (TPSA) is 75.6 Å². The van der Waals surface area contributed by atoms with Crippen molar-refractivity contribution >= 4 is 11.9 Å². The fraction of sp³-hybridized carbons (Fsp3) is 0.200. The zero-order valence-corrected chi connectivity index (χ0v) is 8.14. The van der Waals surface area contributed by atoms with E-state index in [0.29, 0.717) is 5.56 Å². The number of rotatable bonds is 3. The van der Waals surface area contributed by atoms with E-state index in [-0.39, 0.29) is 0 Å². The fourth-order valence-electron chi connectivity index (χ4n) is 0.996. The molecule has 80 valence electrons. The van der Waals surface area contributed by atoms with E-state index >= 15 is 0 Å². The van der Waals surface area contributed by atoms with Crippen molar-refractivity contribution in [3.05, 3.63) is 35.9 Å². The molecule has 0 heterocycles. The summed E-state index contributed by atoms with van der Waals surface area (Å²) < 4.78 is 4.24. The number of ketones is 1. The molecule has 1 atom stereocenters. The van der Waals surface area contributed by atoms with Gasteiger partial charge in [0.05, 0.1) is 7.11 Å². The van der Waals surface area contributed by atoms with Gasteiger partial charge in [-0.2, -0.15) is 0 Å². The van der Waals surface area contributed by atoms with Crippen molar-refractivity contribution in [2.24, 2.45) is 0 Å². The number of hydrogen-bond donors (Lipinski definition) is 2. The van der Waals surface area contributed by atoms with Crippen molar-refractivity contribution in [2.75, 3.05) is 7.11 Å². The van der Waals surface area contributed by atoms with Gasteiger partial charge in [0.2, 0.25) is 5.78 Å². The Bertz CT molecular complexity index is 350. The van der Waals surface area contributed by atoms with Crippen LogP contribution in [0.15, 0.2) is 30.3 Å².